The lowest BCUT2D eigenvalue weighted by Crippen LogP contribution is -2.44. The van der Waals surface area contributed by atoms with Crippen LogP contribution in [0.2, 0.25) is 0 Å². The van der Waals surface area contributed by atoms with Crippen molar-refractivity contribution in [2.75, 3.05) is 6.54 Å². The maximum absolute atomic E-state index is 11.4. The van der Waals surface area contributed by atoms with Gasteiger partial charge < -0.3 is 10.6 Å². The second-order valence-electron chi connectivity index (χ2n) is 5.60. The molecule has 1 amide bonds. The summed E-state index contributed by atoms with van der Waals surface area (Å²) in [7, 11) is 0. The Kier molecular flexibility index (Phi) is 5.26. The lowest BCUT2D eigenvalue weighted by Gasteiger charge is -2.38. The van der Waals surface area contributed by atoms with Gasteiger partial charge in [0.05, 0.1) is 0 Å². The summed E-state index contributed by atoms with van der Waals surface area (Å²) in [6.45, 7) is 9.37. The van der Waals surface area contributed by atoms with E-state index in [4.69, 9.17) is 0 Å². The number of hydrogen-bond acceptors (Lipinski definition) is 2. The van der Waals surface area contributed by atoms with Gasteiger partial charge in [0.25, 0.3) is 0 Å². The van der Waals surface area contributed by atoms with Gasteiger partial charge in [-0.2, -0.15) is 0 Å². The molecule has 0 aliphatic heterocycles. The molecule has 0 radical (unpaired) electrons. The van der Waals surface area contributed by atoms with E-state index in [2.05, 4.69) is 24.5 Å². The van der Waals surface area contributed by atoms with Gasteiger partial charge in [0, 0.05) is 25.0 Å². The number of carbonyl (C=O) groups excluding carboxylic acids is 1. The van der Waals surface area contributed by atoms with Crippen LogP contribution in [0.25, 0.3) is 0 Å². The van der Waals surface area contributed by atoms with Crippen molar-refractivity contribution in [3.63, 3.8) is 0 Å². The Morgan fingerprint density at radius 3 is 2.38 bits per heavy atom. The highest BCUT2D eigenvalue weighted by atomic mass is 16.1. The third-order valence-electron chi connectivity index (χ3n) is 3.35. The maximum Gasteiger partial charge on any atom is 0.221 e. The summed E-state index contributed by atoms with van der Waals surface area (Å²) in [6, 6.07) is 0.903. The minimum absolute atomic E-state index is 0.155. The van der Waals surface area contributed by atoms with Crippen LogP contribution in [0.4, 0.5) is 0 Å². The Morgan fingerprint density at radius 2 is 1.88 bits per heavy atom. The SMILES string of the molecule is CC(C)NC(=O)CCNC1CC(C(C)C)C1. The summed E-state index contributed by atoms with van der Waals surface area (Å²) in [5.74, 6) is 1.85. The zero-order chi connectivity index (χ0) is 12.1. The van der Waals surface area contributed by atoms with E-state index in [1.807, 2.05) is 13.8 Å². The Morgan fingerprint density at radius 1 is 1.25 bits per heavy atom. The van der Waals surface area contributed by atoms with Crippen LogP contribution in [0, 0.1) is 11.8 Å². The van der Waals surface area contributed by atoms with Crippen molar-refractivity contribution < 1.29 is 4.79 Å². The Labute approximate surface area is 99.4 Å². The van der Waals surface area contributed by atoms with E-state index in [0.717, 1.165) is 18.4 Å². The topological polar surface area (TPSA) is 41.1 Å². The third kappa shape index (κ3) is 4.52. The fourth-order valence-electron chi connectivity index (χ4n) is 2.16. The van der Waals surface area contributed by atoms with Crippen molar-refractivity contribution in [2.45, 2.75) is 59.0 Å². The van der Waals surface area contributed by atoms with Gasteiger partial charge in [0.2, 0.25) is 5.91 Å². The molecule has 1 saturated carbocycles. The molecule has 0 saturated heterocycles. The van der Waals surface area contributed by atoms with Crippen molar-refractivity contribution in [3.05, 3.63) is 0 Å². The van der Waals surface area contributed by atoms with Gasteiger partial charge in [0.1, 0.15) is 0 Å². The van der Waals surface area contributed by atoms with Crippen LogP contribution in [0.15, 0.2) is 0 Å². The van der Waals surface area contributed by atoms with Crippen molar-refractivity contribution in [2.24, 2.45) is 11.8 Å². The summed E-state index contributed by atoms with van der Waals surface area (Å²) in [5, 5.41) is 6.35. The third-order valence-corrected chi connectivity index (χ3v) is 3.35. The molecule has 0 heterocycles. The van der Waals surface area contributed by atoms with E-state index in [9.17, 15) is 4.79 Å². The van der Waals surface area contributed by atoms with Gasteiger partial charge in [-0.05, 0) is 38.5 Å². The predicted molar refractivity (Wildman–Crippen MR) is 67.2 cm³/mol. The van der Waals surface area contributed by atoms with Gasteiger partial charge in [-0.3, -0.25) is 4.79 Å². The second-order valence-corrected chi connectivity index (χ2v) is 5.60. The molecule has 2 N–H and O–H groups in total. The van der Waals surface area contributed by atoms with Crippen molar-refractivity contribution in [1.82, 2.24) is 10.6 Å². The molecule has 0 aromatic rings. The zero-order valence-corrected chi connectivity index (χ0v) is 11.0. The number of hydrogen-bond donors (Lipinski definition) is 2. The molecule has 1 aliphatic rings. The molecule has 0 bridgehead atoms. The standard InChI is InChI=1S/C13H26N2O/c1-9(2)11-7-12(8-11)14-6-5-13(16)15-10(3)4/h9-12,14H,5-8H2,1-4H3,(H,15,16). The minimum Gasteiger partial charge on any atom is -0.354 e. The summed E-state index contributed by atoms with van der Waals surface area (Å²) >= 11 is 0. The van der Waals surface area contributed by atoms with Crippen LogP contribution in [0.3, 0.4) is 0 Å². The van der Waals surface area contributed by atoms with E-state index in [-0.39, 0.29) is 11.9 Å². The van der Waals surface area contributed by atoms with Crippen LogP contribution in [0.5, 0.6) is 0 Å². The largest absolute Gasteiger partial charge is 0.354 e. The Balaban J connectivity index is 1.99. The molecule has 0 atom stereocenters. The summed E-state index contributed by atoms with van der Waals surface area (Å²) < 4.78 is 0. The molecule has 0 unspecified atom stereocenters. The normalized spacial score (nSPS) is 24.6. The first-order valence-electron chi connectivity index (χ1n) is 6.51. The van der Waals surface area contributed by atoms with Gasteiger partial charge in [-0.25, -0.2) is 0 Å². The van der Waals surface area contributed by atoms with Crippen LogP contribution in [0.1, 0.15) is 47.0 Å². The maximum atomic E-state index is 11.4. The first-order chi connectivity index (χ1) is 7.49. The summed E-state index contributed by atoms with van der Waals surface area (Å²) in [4.78, 5) is 11.4. The molecule has 16 heavy (non-hydrogen) atoms. The fourth-order valence-corrected chi connectivity index (χ4v) is 2.16. The summed E-state index contributed by atoms with van der Waals surface area (Å²) in [6.07, 6.45) is 3.16. The van der Waals surface area contributed by atoms with E-state index in [1.165, 1.54) is 12.8 Å². The molecule has 1 fully saturated rings. The molecule has 1 rings (SSSR count). The number of nitrogens with one attached hydrogen (secondary N) is 2. The van der Waals surface area contributed by atoms with Crippen LogP contribution < -0.4 is 10.6 Å². The van der Waals surface area contributed by atoms with Gasteiger partial charge >= 0.3 is 0 Å². The average Bonchev–Trinajstić information content (AvgIpc) is 2.06. The van der Waals surface area contributed by atoms with Crippen molar-refractivity contribution >= 4 is 5.91 Å². The zero-order valence-electron chi connectivity index (χ0n) is 11.0. The fraction of sp³-hybridized carbons (Fsp3) is 0.923. The van der Waals surface area contributed by atoms with E-state index in [0.29, 0.717) is 12.5 Å². The molecule has 0 aromatic carbocycles. The monoisotopic (exact) mass is 226 g/mol. The van der Waals surface area contributed by atoms with Gasteiger partial charge in [0.15, 0.2) is 0 Å². The van der Waals surface area contributed by atoms with E-state index >= 15 is 0 Å². The molecule has 3 heteroatoms. The Bertz CT molecular complexity index is 220. The van der Waals surface area contributed by atoms with Gasteiger partial charge in [-0.1, -0.05) is 13.8 Å². The molecule has 94 valence electrons. The van der Waals surface area contributed by atoms with Crippen LogP contribution in [-0.2, 0) is 4.79 Å². The molecule has 3 nitrogen and oxygen atoms in total. The molecular formula is C13H26N2O. The van der Waals surface area contributed by atoms with E-state index in [1.54, 1.807) is 0 Å². The lowest BCUT2D eigenvalue weighted by atomic mass is 9.74. The number of carbonyl (C=O) groups is 1. The first kappa shape index (κ1) is 13.5. The second kappa shape index (κ2) is 6.24. The quantitative estimate of drug-likeness (QED) is 0.726. The van der Waals surface area contributed by atoms with Crippen LogP contribution in [-0.4, -0.2) is 24.5 Å². The average molecular weight is 226 g/mol. The van der Waals surface area contributed by atoms with Gasteiger partial charge in [-0.15, -0.1) is 0 Å². The van der Waals surface area contributed by atoms with Crippen molar-refractivity contribution in [3.8, 4) is 0 Å². The molecule has 1 aliphatic carbocycles. The number of amides is 1. The molecule has 0 spiro atoms. The van der Waals surface area contributed by atoms with Crippen molar-refractivity contribution in [1.29, 1.82) is 0 Å². The lowest BCUT2D eigenvalue weighted by molar-refractivity contribution is -0.121. The first-order valence-corrected chi connectivity index (χ1v) is 6.51. The highest BCUT2D eigenvalue weighted by molar-refractivity contribution is 5.76. The van der Waals surface area contributed by atoms with Crippen LogP contribution >= 0.6 is 0 Å². The predicted octanol–water partition coefficient (Wildman–Crippen LogP) is 1.93. The summed E-state index contributed by atoms with van der Waals surface area (Å²) in [5.41, 5.74) is 0. The highest BCUT2D eigenvalue weighted by Gasteiger charge is 2.30. The number of rotatable bonds is 6. The smallest absolute Gasteiger partial charge is 0.221 e. The Hall–Kier alpha value is -0.570. The van der Waals surface area contributed by atoms with E-state index < -0.39 is 0 Å². The molecule has 0 aromatic heterocycles. The molecular weight excluding hydrogens is 200 g/mol. The highest BCUT2D eigenvalue weighted by Crippen LogP contribution is 2.33. The minimum atomic E-state index is 0.155.